The average Bonchev–Trinajstić information content (AvgIpc) is 3.17. The molecule has 0 saturated heterocycles. The largest absolute Gasteiger partial charge is 0.388 e. The molecule has 6 heteroatoms. The van der Waals surface area contributed by atoms with Crippen molar-refractivity contribution in [2.24, 2.45) is 0 Å². The minimum absolute atomic E-state index is 0.0535. The van der Waals surface area contributed by atoms with Gasteiger partial charge >= 0.3 is 0 Å². The molecular weight excluding hydrogens is 302 g/mol. The van der Waals surface area contributed by atoms with Gasteiger partial charge in [0.1, 0.15) is 12.4 Å². The van der Waals surface area contributed by atoms with Crippen molar-refractivity contribution in [3.63, 3.8) is 0 Å². The Hall–Kier alpha value is -2.44. The molecule has 0 aliphatic carbocycles. The van der Waals surface area contributed by atoms with Gasteiger partial charge in [-0.15, -0.1) is 16.8 Å². The maximum absolute atomic E-state index is 9.31. The summed E-state index contributed by atoms with van der Waals surface area (Å²) in [6.45, 7) is 8.01. The van der Waals surface area contributed by atoms with Gasteiger partial charge in [-0.1, -0.05) is 24.3 Å². The SMILES string of the molecule is C=CCn1cc(CN2CCn3c(CO)nnc3C2)c2ccccc21. The molecule has 6 nitrogen and oxygen atoms in total. The fourth-order valence-corrected chi connectivity index (χ4v) is 3.50. The quantitative estimate of drug-likeness (QED) is 0.729. The Morgan fingerprint density at radius 1 is 1.21 bits per heavy atom. The van der Waals surface area contributed by atoms with Crippen molar-refractivity contribution < 1.29 is 5.11 Å². The average molecular weight is 323 g/mol. The van der Waals surface area contributed by atoms with Crippen LogP contribution in [-0.2, 0) is 32.8 Å². The number of hydrogen-bond acceptors (Lipinski definition) is 4. The molecule has 0 atom stereocenters. The Morgan fingerprint density at radius 3 is 2.92 bits per heavy atom. The first-order valence-electron chi connectivity index (χ1n) is 8.22. The molecule has 3 heterocycles. The molecule has 2 aromatic heterocycles. The summed E-state index contributed by atoms with van der Waals surface area (Å²) < 4.78 is 4.27. The fourth-order valence-electron chi connectivity index (χ4n) is 3.50. The van der Waals surface area contributed by atoms with Crippen LogP contribution in [0.4, 0.5) is 0 Å². The second-order valence-electron chi connectivity index (χ2n) is 6.17. The summed E-state index contributed by atoms with van der Waals surface area (Å²) in [5.41, 5.74) is 2.57. The van der Waals surface area contributed by atoms with Gasteiger partial charge in [-0.3, -0.25) is 4.90 Å². The summed E-state index contributed by atoms with van der Waals surface area (Å²) in [5.74, 6) is 1.59. The third-order valence-electron chi connectivity index (χ3n) is 4.64. The predicted molar refractivity (Wildman–Crippen MR) is 92.2 cm³/mol. The van der Waals surface area contributed by atoms with Crippen LogP contribution in [0.3, 0.4) is 0 Å². The number of aliphatic hydroxyl groups excluding tert-OH is 1. The maximum Gasteiger partial charge on any atom is 0.158 e. The second kappa shape index (κ2) is 6.22. The van der Waals surface area contributed by atoms with Gasteiger partial charge in [0.15, 0.2) is 5.82 Å². The molecule has 0 amide bonds. The highest BCUT2D eigenvalue weighted by atomic mass is 16.3. The summed E-state index contributed by atoms with van der Waals surface area (Å²) in [5, 5.41) is 18.9. The zero-order valence-electron chi connectivity index (χ0n) is 13.6. The van der Waals surface area contributed by atoms with Crippen LogP contribution >= 0.6 is 0 Å². The number of para-hydroxylation sites is 1. The molecule has 124 valence electrons. The molecule has 0 bridgehead atoms. The Balaban J connectivity index is 1.60. The molecule has 0 radical (unpaired) electrons. The van der Waals surface area contributed by atoms with E-state index in [1.165, 1.54) is 16.5 Å². The van der Waals surface area contributed by atoms with E-state index in [0.717, 1.165) is 38.5 Å². The van der Waals surface area contributed by atoms with Crippen LogP contribution in [0.2, 0.25) is 0 Å². The highest BCUT2D eigenvalue weighted by molar-refractivity contribution is 5.84. The van der Waals surface area contributed by atoms with E-state index in [9.17, 15) is 5.11 Å². The maximum atomic E-state index is 9.31. The lowest BCUT2D eigenvalue weighted by molar-refractivity contribution is 0.200. The van der Waals surface area contributed by atoms with E-state index in [1.54, 1.807) is 0 Å². The van der Waals surface area contributed by atoms with Crippen molar-refractivity contribution in [1.82, 2.24) is 24.2 Å². The topological polar surface area (TPSA) is 59.1 Å². The van der Waals surface area contributed by atoms with Gasteiger partial charge < -0.3 is 14.2 Å². The molecule has 0 spiro atoms. The Kier molecular flexibility index (Phi) is 3.92. The third kappa shape index (κ3) is 2.53. The van der Waals surface area contributed by atoms with Crippen LogP contribution < -0.4 is 0 Å². The second-order valence-corrected chi connectivity index (χ2v) is 6.17. The minimum Gasteiger partial charge on any atom is -0.388 e. The fraction of sp³-hybridized carbons (Fsp3) is 0.333. The van der Waals surface area contributed by atoms with Gasteiger partial charge in [0.2, 0.25) is 0 Å². The molecule has 1 aromatic carbocycles. The van der Waals surface area contributed by atoms with Gasteiger partial charge in [-0.25, -0.2) is 0 Å². The number of allylic oxidation sites excluding steroid dienone is 1. The van der Waals surface area contributed by atoms with E-state index >= 15 is 0 Å². The van der Waals surface area contributed by atoms with Crippen LogP contribution in [-0.4, -0.2) is 35.9 Å². The highest BCUT2D eigenvalue weighted by Crippen LogP contribution is 2.24. The van der Waals surface area contributed by atoms with Crippen LogP contribution in [0.15, 0.2) is 43.1 Å². The summed E-state index contributed by atoms with van der Waals surface area (Å²) in [4.78, 5) is 2.38. The van der Waals surface area contributed by atoms with Crippen molar-refractivity contribution in [1.29, 1.82) is 0 Å². The summed E-state index contributed by atoms with van der Waals surface area (Å²) >= 11 is 0. The predicted octanol–water partition coefficient (Wildman–Crippen LogP) is 1.93. The van der Waals surface area contributed by atoms with Crippen molar-refractivity contribution in [3.8, 4) is 0 Å². The van der Waals surface area contributed by atoms with Crippen LogP contribution in [0.25, 0.3) is 10.9 Å². The van der Waals surface area contributed by atoms with Crippen molar-refractivity contribution in [3.05, 3.63) is 60.3 Å². The number of rotatable bonds is 5. The van der Waals surface area contributed by atoms with E-state index < -0.39 is 0 Å². The molecule has 3 aromatic rings. The zero-order valence-corrected chi connectivity index (χ0v) is 13.6. The van der Waals surface area contributed by atoms with Crippen molar-refractivity contribution >= 4 is 10.9 Å². The molecule has 0 fully saturated rings. The summed E-state index contributed by atoms with van der Waals surface area (Å²) in [6, 6.07) is 8.50. The number of aliphatic hydroxyl groups is 1. The van der Waals surface area contributed by atoms with Gasteiger partial charge in [0.25, 0.3) is 0 Å². The first kappa shape index (κ1) is 15.1. The molecule has 4 rings (SSSR count). The van der Waals surface area contributed by atoms with E-state index in [1.807, 2.05) is 10.6 Å². The van der Waals surface area contributed by atoms with E-state index in [4.69, 9.17) is 0 Å². The van der Waals surface area contributed by atoms with Crippen LogP contribution in [0.1, 0.15) is 17.2 Å². The van der Waals surface area contributed by atoms with Crippen LogP contribution in [0, 0.1) is 0 Å². The molecule has 24 heavy (non-hydrogen) atoms. The normalized spacial score (nSPS) is 14.9. The number of aromatic nitrogens is 4. The molecule has 0 unspecified atom stereocenters. The number of fused-ring (bicyclic) bond motifs is 2. The first-order chi connectivity index (χ1) is 11.8. The summed E-state index contributed by atoms with van der Waals surface area (Å²) in [6.07, 6.45) is 4.15. The molecule has 1 aliphatic rings. The summed E-state index contributed by atoms with van der Waals surface area (Å²) in [7, 11) is 0. The number of hydrogen-bond donors (Lipinski definition) is 1. The van der Waals surface area contributed by atoms with Crippen molar-refractivity contribution in [2.75, 3.05) is 6.54 Å². The number of benzene rings is 1. The molecule has 1 N–H and O–H groups in total. The third-order valence-corrected chi connectivity index (χ3v) is 4.64. The van der Waals surface area contributed by atoms with Gasteiger partial charge in [0.05, 0.1) is 6.54 Å². The zero-order chi connectivity index (χ0) is 16.5. The minimum atomic E-state index is -0.0535. The van der Waals surface area contributed by atoms with E-state index in [2.05, 4.69) is 56.7 Å². The van der Waals surface area contributed by atoms with Crippen molar-refractivity contribution in [2.45, 2.75) is 32.8 Å². The molecular formula is C18H21N5O. The smallest absolute Gasteiger partial charge is 0.158 e. The standard InChI is InChI=1S/C18H21N5O/c1-2-7-22-11-14(15-5-3-4-6-16(15)22)10-21-8-9-23-17(12-21)19-20-18(23)13-24/h2-6,11,24H,1,7-10,12-13H2. The van der Waals surface area contributed by atoms with Crippen LogP contribution in [0.5, 0.6) is 0 Å². The molecule has 1 aliphatic heterocycles. The van der Waals surface area contributed by atoms with Gasteiger partial charge in [0, 0.05) is 43.3 Å². The Labute approximate surface area is 140 Å². The molecule has 0 saturated carbocycles. The first-order valence-corrected chi connectivity index (χ1v) is 8.22. The highest BCUT2D eigenvalue weighted by Gasteiger charge is 2.21. The van der Waals surface area contributed by atoms with E-state index in [-0.39, 0.29) is 6.61 Å². The monoisotopic (exact) mass is 323 g/mol. The Bertz CT molecular complexity index is 879. The lowest BCUT2D eigenvalue weighted by Crippen LogP contribution is -2.34. The van der Waals surface area contributed by atoms with E-state index in [0.29, 0.717) is 5.82 Å². The van der Waals surface area contributed by atoms with Gasteiger partial charge in [-0.2, -0.15) is 0 Å². The van der Waals surface area contributed by atoms with Gasteiger partial charge in [-0.05, 0) is 11.6 Å². The lowest BCUT2D eigenvalue weighted by atomic mass is 10.1. The Morgan fingerprint density at radius 2 is 2.08 bits per heavy atom. The lowest BCUT2D eigenvalue weighted by Gasteiger charge is -2.27. The number of nitrogens with zero attached hydrogens (tertiary/aromatic N) is 5.